The van der Waals surface area contributed by atoms with Gasteiger partial charge in [-0.25, -0.2) is 13.3 Å². The van der Waals surface area contributed by atoms with Crippen LogP contribution in [0.3, 0.4) is 0 Å². The van der Waals surface area contributed by atoms with E-state index in [-0.39, 0.29) is 28.8 Å². The summed E-state index contributed by atoms with van der Waals surface area (Å²) in [6.07, 6.45) is 4.08. The Bertz CT molecular complexity index is 986. The van der Waals surface area contributed by atoms with Crippen molar-refractivity contribution in [1.82, 2.24) is 14.9 Å². The van der Waals surface area contributed by atoms with Gasteiger partial charge in [-0.1, -0.05) is 17.7 Å². The summed E-state index contributed by atoms with van der Waals surface area (Å²) in [4.78, 5) is 12.4. The zero-order valence-corrected chi connectivity index (χ0v) is 14.2. The Kier molecular flexibility index (Phi) is 4.24. The van der Waals surface area contributed by atoms with Gasteiger partial charge in [0.2, 0.25) is 0 Å². The van der Waals surface area contributed by atoms with Gasteiger partial charge in [0.1, 0.15) is 28.5 Å². The van der Waals surface area contributed by atoms with Gasteiger partial charge in [-0.3, -0.25) is 4.79 Å². The number of nitrogens with zero attached hydrogens (tertiary/aromatic N) is 2. The van der Waals surface area contributed by atoms with E-state index in [0.717, 1.165) is 11.6 Å². The fourth-order valence-corrected chi connectivity index (χ4v) is 3.10. The van der Waals surface area contributed by atoms with Crippen LogP contribution in [0.2, 0.25) is 5.02 Å². The number of fused-ring (bicyclic) bond motifs is 1. The van der Waals surface area contributed by atoms with Gasteiger partial charge in [0.15, 0.2) is 0 Å². The van der Waals surface area contributed by atoms with E-state index < -0.39 is 11.6 Å². The van der Waals surface area contributed by atoms with Gasteiger partial charge in [0.25, 0.3) is 5.91 Å². The van der Waals surface area contributed by atoms with Gasteiger partial charge in [-0.05, 0) is 12.1 Å². The Morgan fingerprint density at radius 1 is 1.31 bits per heavy atom. The highest BCUT2D eigenvalue weighted by atomic mass is 35.5. The molecule has 0 aliphatic heterocycles. The molecule has 1 aromatic carbocycles. The molecule has 2 aromatic heterocycles. The molecule has 0 radical (unpaired) electrons. The molecular formula is C18H14ClF2N3O2. The van der Waals surface area contributed by atoms with Crippen molar-refractivity contribution in [3.63, 3.8) is 0 Å². The van der Waals surface area contributed by atoms with Crippen molar-refractivity contribution in [2.75, 3.05) is 0 Å². The summed E-state index contributed by atoms with van der Waals surface area (Å²) in [6.45, 7) is 0. The van der Waals surface area contributed by atoms with Gasteiger partial charge < -0.3 is 10.1 Å². The van der Waals surface area contributed by atoms with Crippen LogP contribution in [0.5, 0.6) is 5.75 Å². The van der Waals surface area contributed by atoms with Gasteiger partial charge in [0.05, 0.1) is 17.3 Å². The summed E-state index contributed by atoms with van der Waals surface area (Å²) < 4.78 is 33.9. The summed E-state index contributed by atoms with van der Waals surface area (Å²) in [5.41, 5.74) is 1.21. The summed E-state index contributed by atoms with van der Waals surface area (Å²) in [5, 5.41) is 6.80. The van der Waals surface area contributed by atoms with Crippen LogP contribution in [0.25, 0.3) is 5.52 Å². The molecule has 0 unspecified atom stereocenters. The molecule has 1 fully saturated rings. The lowest BCUT2D eigenvalue weighted by Crippen LogP contribution is -2.49. The number of rotatable bonds is 4. The fourth-order valence-electron chi connectivity index (χ4n) is 2.95. The van der Waals surface area contributed by atoms with E-state index in [1.165, 1.54) is 6.20 Å². The van der Waals surface area contributed by atoms with E-state index in [4.69, 9.17) is 16.3 Å². The van der Waals surface area contributed by atoms with Crippen molar-refractivity contribution >= 4 is 23.0 Å². The molecule has 1 saturated carbocycles. The monoisotopic (exact) mass is 377 g/mol. The summed E-state index contributed by atoms with van der Waals surface area (Å²) in [6, 6.07) is 7.16. The van der Waals surface area contributed by atoms with Crippen molar-refractivity contribution in [2.45, 2.75) is 25.0 Å². The number of benzene rings is 1. The molecule has 134 valence electrons. The molecule has 1 N–H and O–H groups in total. The third kappa shape index (κ3) is 3.10. The first-order valence-corrected chi connectivity index (χ1v) is 8.43. The SMILES string of the molecule is O=C(NC1CC(Oc2cc(F)cc(F)c2Cl)C1)c1cnn2ccccc12. The molecule has 0 bridgehead atoms. The Morgan fingerprint density at radius 3 is 2.92 bits per heavy atom. The third-order valence-electron chi connectivity index (χ3n) is 4.35. The quantitative estimate of drug-likeness (QED) is 0.707. The largest absolute Gasteiger partial charge is 0.488 e. The highest BCUT2D eigenvalue weighted by molar-refractivity contribution is 6.32. The molecule has 4 rings (SSSR count). The standard InChI is InChI=1S/C18H14ClF2N3O2/c19-17-14(21)5-10(20)6-16(17)26-12-7-11(8-12)23-18(25)13-9-22-24-4-2-1-3-15(13)24/h1-6,9,11-12H,7-8H2,(H,23,25). The van der Waals surface area contributed by atoms with E-state index in [1.54, 1.807) is 10.7 Å². The second kappa shape index (κ2) is 6.57. The van der Waals surface area contributed by atoms with Gasteiger partial charge >= 0.3 is 0 Å². The highest BCUT2D eigenvalue weighted by Gasteiger charge is 2.33. The van der Waals surface area contributed by atoms with Gasteiger partial charge in [-0.15, -0.1) is 0 Å². The average molecular weight is 378 g/mol. The van der Waals surface area contributed by atoms with Crippen LogP contribution >= 0.6 is 11.6 Å². The zero-order chi connectivity index (χ0) is 18.3. The second-order valence-electron chi connectivity index (χ2n) is 6.17. The number of amides is 1. The Hall–Kier alpha value is -2.67. The second-order valence-corrected chi connectivity index (χ2v) is 6.55. The normalized spacial score (nSPS) is 19.2. The molecule has 2 heterocycles. The van der Waals surface area contributed by atoms with E-state index in [1.807, 2.05) is 18.2 Å². The van der Waals surface area contributed by atoms with Crippen LogP contribution < -0.4 is 10.1 Å². The third-order valence-corrected chi connectivity index (χ3v) is 4.72. The predicted octanol–water partition coefficient (Wildman–Crippen LogP) is 3.61. The van der Waals surface area contributed by atoms with E-state index in [0.29, 0.717) is 24.5 Å². The summed E-state index contributed by atoms with van der Waals surface area (Å²) >= 11 is 5.79. The van der Waals surface area contributed by atoms with Crippen molar-refractivity contribution in [3.8, 4) is 5.75 Å². The molecule has 1 amide bonds. The summed E-state index contributed by atoms with van der Waals surface area (Å²) in [7, 11) is 0. The number of nitrogens with one attached hydrogen (secondary N) is 1. The predicted molar refractivity (Wildman–Crippen MR) is 91.5 cm³/mol. The molecule has 0 atom stereocenters. The van der Waals surface area contributed by atoms with E-state index in [9.17, 15) is 13.6 Å². The van der Waals surface area contributed by atoms with Crippen LogP contribution in [-0.4, -0.2) is 27.7 Å². The van der Waals surface area contributed by atoms with Crippen LogP contribution in [0.4, 0.5) is 8.78 Å². The maximum absolute atomic E-state index is 13.4. The lowest BCUT2D eigenvalue weighted by molar-refractivity contribution is 0.0700. The Labute approximate surface area is 152 Å². The number of hydrogen-bond donors (Lipinski definition) is 1. The van der Waals surface area contributed by atoms with Crippen LogP contribution in [-0.2, 0) is 0 Å². The Balaban J connectivity index is 1.36. The molecule has 26 heavy (non-hydrogen) atoms. The number of ether oxygens (including phenoxy) is 1. The molecule has 0 saturated heterocycles. The summed E-state index contributed by atoms with van der Waals surface area (Å²) in [5.74, 6) is -1.86. The number of hydrogen-bond acceptors (Lipinski definition) is 3. The number of pyridine rings is 1. The number of halogens is 3. The minimum Gasteiger partial charge on any atom is -0.488 e. The van der Waals surface area contributed by atoms with Crippen LogP contribution in [0.1, 0.15) is 23.2 Å². The van der Waals surface area contributed by atoms with Crippen molar-refractivity contribution in [1.29, 1.82) is 0 Å². The molecule has 1 aliphatic carbocycles. The number of carbonyl (C=O) groups is 1. The maximum Gasteiger partial charge on any atom is 0.255 e. The molecule has 1 aliphatic rings. The number of carbonyl (C=O) groups excluding carboxylic acids is 1. The van der Waals surface area contributed by atoms with Crippen LogP contribution in [0.15, 0.2) is 42.7 Å². The molecule has 8 heteroatoms. The zero-order valence-electron chi connectivity index (χ0n) is 13.5. The molecule has 0 spiro atoms. The topological polar surface area (TPSA) is 55.6 Å². The van der Waals surface area contributed by atoms with Crippen LogP contribution in [0, 0.1) is 11.6 Å². The van der Waals surface area contributed by atoms with Crippen molar-refractivity contribution < 1.29 is 18.3 Å². The van der Waals surface area contributed by atoms with Gasteiger partial charge in [-0.2, -0.15) is 5.10 Å². The smallest absolute Gasteiger partial charge is 0.255 e. The van der Waals surface area contributed by atoms with Crippen molar-refractivity contribution in [2.24, 2.45) is 0 Å². The van der Waals surface area contributed by atoms with E-state index in [2.05, 4.69) is 10.4 Å². The average Bonchev–Trinajstić information content (AvgIpc) is 3.01. The molecule has 5 nitrogen and oxygen atoms in total. The minimum atomic E-state index is -0.862. The molecule has 3 aromatic rings. The first kappa shape index (κ1) is 16.8. The number of aromatic nitrogens is 2. The van der Waals surface area contributed by atoms with Crippen molar-refractivity contribution in [3.05, 3.63) is 64.9 Å². The molecular weight excluding hydrogens is 364 g/mol. The first-order valence-electron chi connectivity index (χ1n) is 8.05. The lowest BCUT2D eigenvalue weighted by Gasteiger charge is -2.35. The highest BCUT2D eigenvalue weighted by Crippen LogP contribution is 2.33. The lowest BCUT2D eigenvalue weighted by atomic mass is 9.89. The van der Waals surface area contributed by atoms with Gasteiger partial charge in [0, 0.05) is 37.2 Å². The maximum atomic E-state index is 13.4. The first-order chi connectivity index (χ1) is 12.5. The fraction of sp³-hybridized carbons (Fsp3) is 0.222. The minimum absolute atomic E-state index is 0.0263. The Morgan fingerprint density at radius 2 is 2.12 bits per heavy atom. The van der Waals surface area contributed by atoms with E-state index >= 15 is 0 Å².